The monoisotopic (exact) mass is 368 g/mol. The summed E-state index contributed by atoms with van der Waals surface area (Å²) in [5, 5.41) is 27.9. The summed E-state index contributed by atoms with van der Waals surface area (Å²) in [7, 11) is -1.41. The highest BCUT2D eigenvalue weighted by Gasteiger charge is 2.47. The highest BCUT2D eigenvalue weighted by Crippen LogP contribution is 2.34. The molecule has 2 atom stereocenters. The molecule has 1 aliphatic rings. The number of benzene rings is 1. The van der Waals surface area contributed by atoms with Gasteiger partial charge in [0, 0.05) is 29.6 Å². The van der Waals surface area contributed by atoms with Crippen LogP contribution in [0.2, 0.25) is 11.3 Å². The molecule has 25 heavy (non-hydrogen) atoms. The lowest BCUT2D eigenvalue weighted by Gasteiger charge is -2.31. The average Bonchev–Trinajstić information content (AvgIpc) is 2.94. The van der Waals surface area contributed by atoms with Gasteiger partial charge in [0.15, 0.2) is 0 Å². The van der Waals surface area contributed by atoms with Crippen molar-refractivity contribution in [3.05, 3.63) is 29.3 Å². The summed E-state index contributed by atoms with van der Waals surface area (Å²) in [5.74, 6) is -1.84. The van der Waals surface area contributed by atoms with Crippen LogP contribution in [0.3, 0.4) is 0 Å². The van der Waals surface area contributed by atoms with Gasteiger partial charge in [0.25, 0.3) is 0 Å². The normalized spacial score (nSPS) is 19.8. The Kier molecular flexibility index (Phi) is 6.45. The second-order valence-corrected chi connectivity index (χ2v) is 6.89. The van der Waals surface area contributed by atoms with E-state index >= 15 is 0 Å². The van der Waals surface area contributed by atoms with E-state index in [4.69, 9.17) is 27.4 Å². The van der Waals surface area contributed by atoms with E-state index in [-0.39, 0.29) is 31.6 Å². The predicted octanol–water partition coefficient (Wildman–Crippen LogP) is 1.12. The van der Waals surface area contributed by atoms with Crippen LogP contribution < -0.4 is 10.6 Å². The summed E-state index contributed by atoms with van der Waals surface area (Å²) >= 11 is 5.85. The van der Waals surface area contributed by atoms with Gasteiger partial charge in [0.1, 0.15) is 5.54 Å². The maximum atomic E-state index is 12.3. The molecule has 1 aromatic carbocycles. The molecule has 2 rings (SSSR count). The standard InChI is InChI=1S/C16H22BClN2O5/c18-12-3-5-13(6-4-12)20-10-11(9-14(20)21)16(19,15(22)23)7-1-2-8-17(24)25/h3-6,11,24-25H,1-2,7-10,19H2,(H,22,23). The van der Waals surface area contributed by atoms with Gasteiger partial charge < -0.3 is 25.8 Å². The third-order valence-electron chi connectivity index (χ3n) is 4.69. The maximum absolute atomic E-state index is 12.3. The Morgan fingerprint density at radius 2 is 1.96 bits per heavy atom. The second kappa shape index (κ2) is 8.18. The zero-order valence-corrected chi connectivity index (χ0v) is 14.5. The first kappa shape index (κ1) is 19.7. The molecule has 5 N–H and O–H groups in total. The number of carboxylic acids is 1. The fourth-order valence-corrected chi connectivity index (χ4v) is 3.28. The van der Waals surface area contributed by atoms with Crippen LogP contribution in [0.15, 0.2) is 24.3 Å². The quantitative estimate of drug-likeness (QED) is 0.402. The van der Waals surface area contributed by atoms with Gasteiger partial charge in [-0.25, -0.2) is 0 Å². The Bertz CT molecular complexity index is 627. The van der Waals surface area contributed by atoms with E-state index in [2.05, 4.69) is 0 Å². The molecule has 2 unspecified atom stereocenters. The molecule has 1 amide bonds. The molecule has 0 aromatic heterocycles. The van der Waals surface area contributed by atoms with E-state index < -0.39 is 24.5 Å². The number of anilines is 1. The van der Waals surface area contributed by atoms with Gasteiger partial charge in [-0.2, -0.15) is 0 Å². The summed E-state index contributed by atoms with van der Waals surface area (Å²) in [5.41, 5.74) is 5.29. The first-order valence-corrected chi connectivity index (χ1v) is 8.56. The summed E-state index contributed by atoms with van der Waals surface area (Å²) in [4.78, 5) is 25.6. The van der Waals surface area contributed by atoms with Crippen LogP contribution in [-0.2, 0) is 9.59 Å². The minimum atomic E-state index is -1.53. The zero-order chi connectivity index (χ0) is 18.6. The van der Waals surface area contributed by atoms with E-state index in [0.29, 0.717) is 23.6 Å². The van der Waals surface area contributed by atoms with Gasteiger partial charge in [0.05, 0.1) is 0 Å². The van der Waals surface area contributed by atoms with Gasteiger partial charge >= 0.3 is 13.1 Å². The summed E-state index contributed by atoms with van der Waals surface area (Å²) in [6, 6.07) is 6.77. The fraction of sp³-hybridized carbons (Fsp3) is 0.500. The van der Waals surface area contributed by atoms with Crippen LogP contribution >= 0.6 is 11.6 Å². The molecule has 1 saturated heterocycles. The zero-order valence-electron chi connectivity index (χ0n) is 13.8. The van der Waals surface area contributed by atoms with Crippen molar-refractivity contribution in [2.24, 2.45) is 11.7 Å². The third kappa shape index (κ3) is 4.73. The minimum Gasteiger partial charge on any atom is -0.480 e. The molecule has 0 radical (unpaired) electrons. The van der Waals surface area contributed by atoms with Crippen LogP contribution in [0.1, 0.15) is 25.7 Å². The van der Waals surface area contributed by atoms with Crippen molar-refractivity contribution >= 4 is 36.3 Å². The molecule has 7 nitrogen and oxygen atoms in total. The summed E-state index contributed by atoms with van der Waals surface area (Å²) in [6.45, 7) is 0.228. The number of hydrogen-bond acceptors (Lipinski definition) is 5. The number of nitrogens with zero attached hydrogens (tertiary/aromatic N) is 1. The number of halogens is 1. The van der Waals surface area contributed by atoms with Crippen LogP contribution in [0.25, 0.3) is 0 Å². The largest absolute Gasteiger partial charge is 0.480 e. The SMILES string of the molecule is NC(CCCCB(O)O)(C(=O)O)C1CC(=O)N(c2ccc(Cl)cc2)C1. The van der Waals surface area contributed by atoms with Crippen molar-refractivity contribution < 1.29 is 24.7 Å². The third-order valence-corrected chi connectivity index (χ3v) is 4.94. The fourth-order valence-electron chi connectivity index (χ4n) is 3.15. The molecule has 0 spiro atoms. The van der Waals surface area contributed by atoms with Gasteiger partial charge in [0.2, 0.25) is 5.91 Å². The number of hydrogen-bond donors (Lipinski definition) is 4. The van der Waals surface area contributed by atoms with Crippen molar-refractivity contribution in [3.8, 4) is 0 Å². The molecular formula is C16H22BClN2O5. The smallest absolute Gasteiger partial charge is 0.451 e. The average molecular weight is 369 g/mol. The first-order chi connectivity index (χ1) is 11.7. The Morgan fingerprint density at radius 3 is 2.52 bits per heavy atom. The molecule has 0 bridgehead atoms. The Balaban J connectivity index is 2.07. The van der Waals surface area contributed by atoms with Crippen LogP contribution in [-0.4, -0.2) is 46.2 Å². The predicted molar refractivity (Wildman–Crippen MR) is 95.3 cm³/mol. The van der Waals surface area contributed by atoms with Gasteiger partial charge in [-0.15, -0.1) is 0 Å². The molecule has 1 aromatic rings. The van der Waals surface area contributed by atoms with Gasteiger partial charge in [-0.3, -0.25) is 9.59 Å². The molecule has 1 heterocycles. The van der Waals surface area contributed by atoms with E-state index in [1.807, 2.05) is 0 Å². The Hall–Kier alpha value is -1.61. The van der Waals surface area contributed by atoms with E-state index in [1.165, 1.54) is 4.90 Å². The number of carboxylic acid groups (broad SMARTS) is 1. The van der Waals surface area contributed by atoms with Crippen molar-refractivity contribution in [2.45, 2.75) is 37.5 Å². The summed E-state index contributed by atoms with van der Waals surface area (Å²) in [6.07, 6.45) is 1.28. The molecule has 1 fully saturated rings. The number of unbranched alkanes of at least 4 members (excludes halogenated alkanes) is 1. The van der Waals surface area contributed by atoms with Gasteiger partial charge in [-0.05, 0) is 37.0 Å². The molecule has 1 aliphatic heterocycles. The van der Waals surface area contributed by atoms with Crippen LogP contribution in [0, 0.1) is 5.92 Å². The Labute approximate surface area is 151 Å². The summed E-state index contributed by atoms with van der Waals surface area (Å²) < 4.78 is 0. The van der Waals surface area contributed by atoms with Crippen molar-refractivity contribution in [1.82, 2.24) is 0 Å². The van der Waals surface area contributed by atoms with E-state index in [9.17, 15) is 14.7 Å². The first-order valence-electron chi connectivity index (χ1n) is 8.18. The second-order valence-electron chi connectivity index (χ2n) is 6.45. The number of aliphatic carboxylic acids is 1. The lowest BCUT2D eigenvalue weighted by Crippen LogP contribution is -2.55. The number of nitrogens with two attached hydrogens (primary N) is 1. The number of rotatable bonds is 8. The maximum Gasteiger partial charge on any atom is 0.451 e. The lowest BCUT2D eigenvalue weighted by atomic mass is 9.77. The van der Waals surface area contributed by atoms with E-state index in [0.717, 1.165) is 0 Å². The number of amides is 1. The number of carbonyl (C=O) groups is 2. The Morgan fingerprint density at radius 1 is 1.32 bits per heavy atom. The molecule has 9 heteroatoms. The van der Waals surface area contributed by atoms with Crippen molar-refractivity contribution in [2.75, 3.05) is 11.4 Å². The highest BCUT2D eigenvalue weighted by atomic mass is 35.5. The van der Waals surface area contributed by atoms with Crippen LogP contribution in [0.5, 0.6) is 0 Å². The van der Waals surface area contributed by atoms with Crippen molar-refractivity contribution in [1.29, 1.82) is 0 Å². The highest BCUT2D eigenvalue weighted by molar-refractivity contribution is 6.40. The minimum absolute atomic E-state index is 0.0635. The lowest BCUT2D eigenvalue weighted by molar-refractivity contribution is -0.145. The molecule has 0 saturated carbocycles. The molecule has 136 valence electrons. The van der Waals surface area contributed by atoms with Crippen LogP contribution in [0.4, 0.5) is 5.69 Å². The number of carbonyl (C=O) groups excluding carboxylic acids is 1. The molecular weight excluding hydrogens is 346 g/mol. The topological polar surface area (TPSA) is 124 Å². The van der Waals surface area contributed by atoms with E-state index in [1.54, 1.807) is 24.3 Å². The molecule has 0 aliphatic carbocycles. The van der Waals surface area contributed by atoms with Gasteiger partial charge in [-0.1, -0.05) is 24.4 Å². The van der Waals surface area contributed by atoms with Crippen molar-refractivity contribution in [3.63, 3.8) is 0 Å².